The Morgan fingerprint density at radius 1 is 1.05 bits per heavy atom. The summed E-state index contributed by atoms with van der Waals surface area (Å²) in [6.45, 7) is 10.2. The zero-order valence-electron chi connectivity index (χ0n) is 13.7. The fourth-order valence-electron chi connectivity index (χ4n) is 3.83. The Morgan fingerprint density at radius 2 is 1.67 bits per heavy atom. The lowest BCUT2D eigenvalue weighted by atomic mass is 9.76. The summed E-state index contributed by atoms with van der Waals surface area (Å²) in [5.74, 6) is -0.885. The molecule has 0 saturated carbocycles. The van der Waals surface area contributed by atoms with Crippen LogP contribution in [0.25, 0.3) is 0 Å². The summed E-state index contributed by atoms with van der Waals surface area (Å²) in [7, 11) is 0. The standard InChI is InChI=1S/C16H28N2O3/c1-15(2)7-5-9-17(11-15)14(21)18-10-6-8-16(3,4)12(18)13(19)20/h12H,5-11H2,1-4H3,(H,19,20). The van der Waals surface area contributed by atoms with Gasteiger partial charge in [-0.1, -0.05) is 27.7 Å². The second-order valence-corrected chi connectivity index (χ2v) is 8.00. The summed E-state index contributed by atoms with van der Waals surface area (Å²) < 4.78 is 0. The molecule has 2 aliphatic heterocycles. The van der Waals surface area contributed by atoms with Gasteiger partial charge in [0.15, 0.2) is 0 Å². The molecule has 0 aromatic carbocycles. The number of likely N-dealkylation sites (tertiary alicyclic amines) is 2. The molecule has 1 atom stereocenters. The third kappa shape index (κ3) is 3.33. The third-order valence-electron chi connectivity index (χ3n) is 4.92. The van der Waals surface area contributed by atoms with E-state index in [1.54, 1.807) is 4.90 Å². The Bertz CT molecular complexity index is 431. The first-order valence-corrected chi connectivity index (χ1v) is 7.92. The first-order valence-electron chi connectivity index (χ1n) is 7.92. The number of carbonyl (C=O) groups is 2. The number of carbonyl (C=O) groups excluding carboxylic acids is 1. The van der Waals surface area contributed by atoms with E-state index in [2.05, 4.69) is 13.8 Å². The normalized spacial score (nSPS) is 28.3. The van der Waals surface area contributed by atoms with Crippen LogP contribution in [0.4, 0.5) is 4.79 Å². The van der Waals surface area contributed by atoms with Crippen LogP contribution >= 0.6 is 0 Å². The lowest BCUT2D eigenvalue weighted by Gasteiger charge is -2.47. The molecule has 0 spiro atoms. The zero-order chi connectivity index (χ0) is 15.8. The smallest absolute Gasteiger partial charge is 0.327 e. The second-order valence-electron chi connectivity index (χ2n) is 8.00. The SMILES string of the molecule is CC1(C)CCCN(C(=O)N2CCCC(C)(C)C2C(=O)O)C1. The van der Waals surface area contributed by atoms with E-state index >= 15 is 0 Å². The fourth-order valence-corrected chi connectivity index (χ4v) is 3.83. The van der Waals surface area contributed by atoms with Crippen molar-refractivity contribution in [1.82, 2.24) is 9.80 Å². The molecule has 2 aliphatic rings. The summed E-state index contributed by atoms with van der Waals surface area (Å²) in [4.78, 5) is 28.0. The number of urea groups is 1. The Balaban J connectivity index is 2.18. The van der Waals surface area contributed by atoms with E-state index in [9.17, 15) is 14.7 Å². The first kappa shape index (κ1) is 16.1. The third-order valence-corrected chi connectivity index (χ3v) is 4.92. The van der Waals surface area contributed by atoms with Crippen molar-refractivity contribution in [2.75, 3.05) is 19.6 Å². The molecule has 1 N–H and O–H groups in total. The Hall–Kier alpha value is -1.26. The van der Waals surface area contributed by atoms with Gasteiger partial charge in [-0.3, -0.25) is 0 Å². The number of aliphatic carboxylic acids is 1. The van der Waals surface area contributed by atoms with Crippen molar-refractivity contribution in [3.05, 3.63) is 0 Å². The Morgan fingerprint density at radius 3 is 2.24 bits per heavy atom. The number of hydrogen-bond acceptors (Lipinski definition) is 2. The van der Waals surface area contributed by atoms with Gasteiger partial charge in [-0.15, -0.1) is 0 Å². The highest BCUT2D eigenvalue weighted by Gasteiger charge is 2.46. The molecule has 2 heterocycles. The Labute approximate surface area is 127 Å². The van der Waals surface area contributed by atoms with Gasteiger partial charge in [0.25, 0.3) is 0 Å². The lowest BCUT2D eigenvalue weighted by molar-refractivity contribution is -0.148. The summed E-state index contributed by atoms with van der Waals surface area (Å²) in [6.07, 6.45) is 3.83. The number of piperidine rings is 2. The average molecular weight is 296 g/mol. The minimum absolute atomic E-state index is 0.0945. The molecule has 21 heavy (non-hydrogen) atoms. The van der Waals surface area contributed by atoms with Crippen molar-refractivity contribution in [1.29, 1.82) is 0 Å². The highest BCUT2D eigenvalue weighted by molar-refractivity contribution is 5.83. The number of amides is 2. The monoisotopic (exact) mass is 296 g/mol. The summed E-state index contributed by atoms with van der Waals surface area (Å²) in [5.41, 5.74) is -0.247. The summed E-state index contributed by atoms with van der Waals surface area (Å²) >= 11 is 0. The van der Waals surface area contributed by atoms with E-state index in [0.717, 1.165) is 38.8 Å². The van der Waals surface area contributed by atoms with Crippen molar-refractivity contribution in [3.63, 3.8) is 0 Å². The van der Waals surface area contributed by atoms with Crippen LogP contribution in [0.5, 0.6) is 0 Å². The molecule has 0 aromatic heterocycles. The van der Waals surface area contributed by atoms with Crippen LogP contribution in [-0.4, -0.2) is 52.6 Å². The zero-order valence-corrected chi connectivity index (χ0v) is 13.7. The maximum atomic E-state index is 12.8. The predicted molar refractivity (Wildman–Crippen MR) is 81.1 cm³/mol. The minimum Gasteiger partial charge on any atom is -0.480 e. The van der Waals surface area contributed by atoms with E-state index in [4.69, 9.17) is 0 Å². The molecule has 0 radical (unpaired) electrons. The highest BCUT2D eigenvalue weighted by Crippen LogP contribution is 2.37. The first-order chi connectivity index (χ1) is 9.64. The average Bonchev–Trinajstić information content (AvgIpc) is 2.34. The molecule has 2 saturated heterocycles. The van der Waals surface area contributed by atoms with Crippen LogP contribution in [-0.2, 0) is 4.79 Å². The molecule has 0 aliphatic carbocycles. The molecule has 1 unspecified atom stereocenters. The quantitative estimate of drug-likeness (QED) is 0.809. The van der Waals surface area contributed by atoms with Crippen LogP contribution in [0.2, 0.25) is 0 Å². The molecule has 0 bridgehead atoms. The summed E-state index contributed by atoms with van der Waals surface area (Å²) in [6, 6.07) is -0.813. The maximum absolute atomic E-state index is 12.8. The van der Waals surface area contributed by atoms with Crippen LogP contribution in [0.3, 0.4) is 0 Å². The van der Waals surface area contributed by atoms with Gasteiger partial charge in [0, 0.05) is 19.6 Å². The predicted octanol–water partition coefficient (Wildman–Crippen LogP) is 2.80. The largest absolute Gasteiger partial charge is 0.480 e. The molecular weight excluding hydrogens is 268 g/mol. The molecule has 120 valence electrons. The lowest BCUT2D eigenvalue weighted by Crippen LogP contribution is -2.60. The van der Waals surface area contributed by atoms with Gasteiger partial charge >= 0.3 is 12.0 Å². The van der Waals surface area contributed by atoms with Gasteiger partial charge in [0.2, 0.25) is 0 Å². The minimum atomic E-state index is -0.885. The molecule has 0 aromatic rings. The molecule has 2 fully saturated rings. The molecule has 5 heteroatoms. The Kier molecular flexibility index (Phi) is 4.22. The van der Waals surface area contributed by atoms with E-state index < -0.39 is 12.0 Å². The number of rotatable bonds is 1. The molecule has 2 rings (SSSR count). The van der Waals surface area contributed by atoms with Gasteiger partial charge in [0.1, 0.15) is 6.04 Å². The van der Waals surface area contributed by atoms with Crippen molar-refractivity contribution >= 4 is 12.0 Å². The number of carboxylic acids is 1. The van der Waals surface area contributed by atoms with E-state index in [-0.39, 0.29) is 16.9 Å². The molecule has 2 amide bonds. The van der Waals surface area contributed by atoms with Crippen molar-refractivity contribution in [3.8, 4) is 0 Å². The molecular formula is C16H28N2O3. The van der Waals surface area contributed by atoms with Gasteiger partial charge in [0.05, 0.1) is 0 Å². The van der Waals surface area contributed by atoms with E-state index in [0.29, 0.717) is 6.54 Å². The number of hydrogen-bond donors (Lipinski definition) is 1. The van der Waals surface area contributed by atoms with Crippen LogP contribution < -0.4 is 0 Å². The van der Waals surface area contributed by atoms with Crippen LogP contribution in [0.1, 0.15) is 53.4 Å². The molecule has 5 nitrogen and oxygen atoms in total. The fraction of sp³-hybridized carbons (Fsp3) is 0.875. The topological polar surface area (TPSA) is 60.9 Å². The summed E-state index contributed by atoms with van der Waals surface area (Å²) in [5, 5.41) is 9.58. The van der Waals surface area contributed by atoms with Gasteiger partial charge in [-0.2, -0.15) is 0 Å². The number of nitrogens with zero attached hydrogens (tertiary/aromatic N) is 2. The van der Waals surface area contributed by atoms with Crippen molar-refractivity contribution < 1.29 is 14.7 Å². The van der Waals surface area contributed by atoms with Gasteiger partial charge in [-0.25, -0.2) is 9.59 Å². The van der Waals surface area contributed by atoms with Crippen molar-refractivity contribution in [2.24, 2.45) is 10.8 Å². The van der Waals surface area contributed by atoms with Gasteiger partial charge < -0.3 is 14.9 Å². The number of carboxylic acid groups (broad SMARTS) is 1. The van der Waals surface area contributed by atoms with Crippen molar-refractivity contribution in [2.45, 2.75) is 59.4 Å². The highest BCUT2D eigenvalue weighted by atomic mass is 16.4. The van der Waals surface area contributed by atoms with E-state index in [1.165, 1.54) is 0 Å². The van der Waals surface area contributed by atoms with Gasteiger partial charge in [-0.05, 0) is 36.5 Å². The van der Waals surface area contributed by atoms with Crippen LogP contribution in [0.15, 0.2) is 0 Å². The maximum Gasteiger partial charge on any atom is 0.327 e. The van der Waals surface area contributed by atoms with Crippen LogP contribution in [0, 0.1) is 10.8 Å². The second kappa shape index (κ2) is 5.50. The van der Waals surface area contributed by atoms with E-state index in [1.807, 2.05) is 18.7 Å².